The number of carbonyl (C=O) groups is 1. The van der Waals surface area contributed by atoms with Gasteiger partial charge in [0, 0.05) is 22.2 Å². The minimum absolute atomic E-state index is 0.103. The number of carbonyl (C=O) groups excluding carboxylic acids is 1. The van der Waals surface area contributed by atoms with Gasteiger partial charge in [0.1, 0.15) is 0 Å². The fourth-order valence-electron chi connectivity index (χ4n) is 1.43. The maximum Gasteiger partial charge on any atom is 0.194 e. The van der Waals surface area contributed by atoms with Gasteiger partial charge in [-0.15, -0.1) is 11.6 Å². The van der Waals surface area contributed by atoms with Crippen LogP contribution in [0.5, 0.6) is 0 Å². The molecule has 1 atom stereocenters. The lowest BCUT2D eigenvalue weighted by molar-refractivity contribution is 0.103. The SMILES string of the molecule is C/C=C(N)\C(=C/C(C)Cl)C(=O)c1ccccc1. The summed E-state index contributed by atoms with van der Waals surface area (Å²) >= 11 is 5.89. The molecule has 0 spiro atoms. The first kappa shape index (κ1) is 13.5. The summed E-state index contributed by atoms with van der Waals surface area (Å²) in [6.07, 6.45) is 3.37. The molecule has 0 bridgehead atoms. The number of nitrogens with two attached hydrogens (primary N) is 1. The molecule has 3 heteroatoms. The summed E-state index contributed by atoms with van der Waals surface area (Å²) in [5.41, 5.74) is 7.34. The zero-order chi connectivity index (χ0) is 12.8. The van der Waals surface area contributed by atoms with Crippen molar-refractivity contribution in [2.45, 2.75) is 19.2 Å². The topological polar surface area (TPSA) is 43.1 Å². The molecule has 2 nitrogen and oxygen atoms in total. The van der Waals surface area contributed by atoms with Crippen molar-refractivity contribution in [3.8, 4) is 0 Å². The molecule has 0 saturated heterocycles. The van der Waals surface area contributed by atoms with Gasteiger partial charge in [-0.25, -0.2) is 0 Å². The van der Waals surface area contributed by atoms with Crippen LogP contribution in [0.2, 0.25) is 0 Å². The van der Waals surface area contributed by atoms with E-state index in [2.05, 4.69) is 0 Å². The highest BCUT2D eigenvalue weighted by Crippen LogP contribution is 2.15. The van der Waals surface area contributed by atoms with E-state index in [-0.39, 0.29) is 11.2 Å². The predicted octanol–water partition coefficient (Wildman–Crippen LogP) is 3.29. The number of hydrogen-bond donors (Lipinski definition) is 1. The Balaban J connectivity index is 3.13. The molecule has 1 rings (SSSR count). The highest BCUT2D eigenvalue weighted by Gasteiger charge is 2.14. The van der Waals surface area contributed by atoms with E-state index in [1.165, 1.54) is 0 Å². The fourth-order valence-corrected chi connectivity index (χ4v) is 1.56. The molecule has 0 radical (unpaired) electrons. The Morgan fingerprint density at radius 1 is 1.35 bits per heavy atom. The molecule has 2 N–H and O–H groups in total. The summed E-state index contributed by atoms with van der Waals surface area (Å²) in [5, 5.41) is -0.240. The molecule has 1 aromatic carbocycles. The van der Waals surface area contributed by atoms with Crippen molar-refractivity contribution in [1.82, 2.24) is 0 Å². The monoisotopic (exact) mass is 249 g/mol. The van der Waals surface area contributed by atoms with Crippen LogP contribution >= 0.6 is 11.6 Å². The zero-order valence-electron chi connectivity index (χ0n) is 9.98. The molecule has 0 saturated carbocycles. The summed E-state index contributed by atoms with van der Waals surface area (Å²) in [6.45, 7) is 3.59. The quantitative estimate of drug-likeness (QED) is 0.385. The van der Waals surface area contributed by atoms with E-state index >= 15 is 0 Å². The van der Waals surface area contributed by atoms with Gasteiger partial charge in [0.25, 0.3) is 0 Å². The third-order valence-corrected chi connectivity index (χ3v) is 2.42. The number of hydrogen-bond acceptors (Lipinski definition) is 2. The first-order valence-corrected chi connectivity index (χ1v) is 5.87. The number of alkyl halides is 1. The van der Waals surface area contributed by atoms with Crippen molar-refractivity contribution in [2.75, 3.05) is 0 Å². The normalized spacial score (nSPS) is 14.5. The van der Waals surface area contributed by atoms with Gasteiger partial charge in [-0.1, -0.05) is 42.5 Å². The van der Waals surface area contributed by atoms with E-state index in [4.69, 9.17) is 17.3 Å². The van der Waals surface area contributed by atoms with Gasteiger partial charge in [-0.05, 0) is 13.8 Å². The van der Waals surface area contributed by atoms with Crippen LogP contribution in [0.1, 0.15) is 24.2 Å². The second-order valence-electron chi connectivity index (χ2n) is 3.70. The molecule has 17 heavy (non-hydrogen) atoms. The van der Waals surface area contributed by atoms with Crippen molar-refractivity contribution in [3.63, 3.8) is 0 Å². The second-order valence-corrected chi connectivity index (χ2v) is 4.39. The van der Waals surface area contributed by atoms with Gasteiger partial charge in [0.05, 0.1) is 0 Å². The average Bonchev–Trinajstić information content (AvgIpc) is 2.35. The van der Waals surface area contributed by atoms with Crippen LogP contribution in [0.25, 0.3) is 0 Å². The Labute approximate surface area is 107 Å². The third kappa shape index (κ3) is 3.75. The number of allylic oxidation sites excluding steroid dienone is 3. The van der Waals surface area contributed by atoms with E-state index in [0.29, 0.717) is 16.8 Å². The van der Waals surface area contributed by atoms with E-state index in [1.54, 1.807) is 38.1 Å². The van der Waals surface area contributed by atoms with Crippen molar-refractivity contribution >= 4 is 17.4 Å². The van der Waals surface area contributed by atoms with Crippen LogP contribution < -0.4 is 5.73 Å². The minimum atomic E-state index is -0.240. The summed E-state index contributed by atoms with van der Waals surface area (Å²) < 4.78 is 0. The molecule has 0 aromatic heterocycles. The Bertz CT molecular complexity index is 447. The molecular formula is C14H16ClNO. The zero-order valence-corrected chi connectivity index (χ0v) is 10.7. The molecule has 1 aromatic rings. The van der Waals surface area contributed by atoms with Gasteiger partial charge in [-0.3, -0.25) is 4.79 Å². The van der Waals surface area contributed by atoms with Gasteiger partial charge >= 0.3 is 0 Å². The maximum atomic E-state index is 12.2. The second kappa shape index (κ2) is 6.26. The smallest absolute Gasteiger partial charge is 0.194 e. The lowest BCUT2D eigenvalue weighted by atomic mass is 10.00. The number of rotatable bonds is 4. The molecule has 0 fully saturated rings. The van der Waals surface area contributed by atoms with Crippen molar-refractivity contribution in [3.05, 3.63) is 59.3 Å². The molecule has 0 aliphatic heterocycles. The van der Waals surface area contributed by atoms with E-state index < -0.39 is 0 Å². The van der Waals surface area contributed by atoms with Crippen LogP contribution in [-0.4, -0.2) is 11.2 Å². The summed E-state index contributed by atoms with van der Waals surface area (Å²) in [5.74, 6) is -0.103. The Morgan fingerprint density at radius 3 is 2.41 bits per heavy atom. The third-order valence-electron chi connectivity index (χ3n) is 2.30. The van der Waals surface area contributed by atoms with Crippen molar-refractivity contribution < 1.29 is 4.79 Å². The molecule has 90 valence electrons. The van der Waals surface area contributed by atoms with Crippen molar-refractivity contribution in [2.24, 2.45) is 5.73 Å². The van der Waals surface area contributed by atoms with Crippen LogP contribution in [0, 0.1) is 0 Å². The highest BCUT2D eigenvalue weighted by atomic mass is 35.5. The lowest BCUT2D eigenvalue weighted by Crippen LogP contribution is -2.12. The largest absolute Gasteiger partial charge is 0.398 e. The predicted molar refractivity (Wildman–Crippen MR) is 72.1 cm³/mol. The van der Waals surface area contributed by atoms with Gasteiger partial charge in [0.15, 0.2) is 5.78 Å². The minimum Gasteiger partial charge on any atom is -0.398 e. The van der Waals surface area contributed by atoms with Gasteiger partial charge in [-0.2, -0.15) is 0 Å². The first-order valence-electron chi connectivity index (χ1n) is 5.44. The number of halogens is 1. The standard InChI is InChI=1S/C14H16ClNO/c1-3-13(16)12(9-10(2)15)14(17)11-7-5-4-6-8-11/h3-10H,16H2,1-2H3/b12-9+,13-3+. The highest BCUT2D eigenvalue weighted by molar-refractivity contribution is 6.22. The molecule has 0 aliphatic carbocycles. The van der Waals surface area contributed by atoms with E-state index in [1.807, 2.05) is 18.2 Å². The Morgan fingerprint density at radius 2 is 1.94 bits per heavy atom. The van der Waals surface area contributed by atoms with E-state index in [0.717, 1.165) is 0 Å². The molecule has 0 heterocycles. The molecular weight excluding hydrogens is 234 g/mol. The van der Waals surface area contributed by atoms with Gasteiger partial charge in [0.2, 0.25) is 0 Å². The van der Waals surface area contributed by atoms with Crippen LogP contribution in [-0.2, 0) is 0 Å². The Kier molecular flexibility index (Phi) is 4.98. The summed E-state index contributed by atoms with van der Waals surface area (Å²) in [4.78, 5) is 12.2. The number of ketones is 1. The fraction of sp³-hybridized carbons (Fsp3) is 0.214. The average molecular weight is 250 g/mol. The maximum absolute atomic E-state index is 12.2. The number of benzene rings is 1. The van der Waals surface area contributed by atoms with Crippen molar-refractivity contribution in [1.29, 1.82) is 0 Å². The first-order chi connectivity index (χ1) is 8.06. The van der Waals surface area contributed by atoms with E-state index in [9.17, 15) is 4.79 Å². The van der Waals surface area contributed by atoms with Crippen LogP contribution in [0.3, 0.4) is 0 Å². The number of Topliss-reactive ketones (excluding diaryl/α,β-unsaturated/α-hetero) is 1. The Hall–Kier alpha value is -1.54. The lowest BCUT2D eigenvalue weighted by Gasteiger charge is -2.08. The van der Waals surface area contributed by atoms with Crippen LogP contribution in [0.15, 0.2) is 53.8 Å². The summed E-state index contributed by atoms with van der Waals surface area (Å²) in [7, 11) is 0. The summed E-state index contributed by atoms with van der Waals surface area (Å²) in [6, 6.07) is 9.03. The van der Waals surface area contributed by atoms with Crippen LogP contribution in [0.4, 0.5) is 0 Å². The molecule has 1 unspecified atom stereocenters. The van der Waals surface area contributed by atoms with Gasteiger partial charge < -0.3 is 5.73 Å². The molecule has 0 amide bonds. The molecule has 0 aliphatic rings.